The second kappa shape index (κ2) is 5.68. The van der Waals surface area contributed by atoms with E-state index in [2.05, 4.69) is 46.8 Å². The predicted octanol–water partition coefficient (Wildman–Crippen LogP) is 1.49. The molecule has 0 radical (unpaired) electrons. The first kappa shape index (κ1) is 13.2. The molecule has 0 spiro atoms. The molecule has 2 aromatic rings. The summed E-state index contributed by atoms with van der Waals surface area (Å²) in [5, 5.41) is 14.9. The molecular formula is C14H19N5O. The Bertz CT molecular complexity index is 556. The largest absolute Gasteiger partial charge is 0.377 e. The average Bonchev–Trinajstić information content (AvgIpc) is 3.12. The summed E-state index contributed by atoms with van der Waals surface area (Å²) in [6, 6.07) is 8.93. The molecule has 1 aliphatic rings. The second-order valence-electron chi connectivity index (χ2n) is 5.21. The molecule has 1 fully saturated rings. The number of nitrogens with zero attached hydrogens (tertiary/aromatic N) is 4. The summed E-state index contributed by atoms with van der Waals surface area (Å²) < 4.78 is 7.26. The van der Waals surface area contributed by atoms with Crippen LogP contribution in [0.3, 0.4) is 0 Å². The van der Waals surface area contributed by atoms with Crippen molar-refractivity contribution >= 4 is 0 Å². The zero-order valence-electron chi connectivity index (χ0n) is 11.7. The van der Waals surface area contributed by atoms with Gasteiger partial charge in [0.2, 0.25) is 0 Å². The Morgan fingerprint density at radius 2 is 2.35 bits per heavy atom. The fraction of sp³-hybridized carbons (Fsp3) is 0.500. The van der Waals surface area contributed by atoms with Gasteiger partial charge in [0, 0.05) is 18.7 Å². The zero-order chi connectivity index (χ0) is 13.9. The van der Waals surface area contributed by atoms with E-state index in [1.807, 2.05) is 12.1 Å². The number of rotatable bonds is 4. The number of hydrogen-bond donors (Lipinski definition) is 1. The van der Waals surface area contributed by atoms with Crippen molar-refractivity contribution in [1.29, 1.82) is 0 Å². The lowest BCUT2D eigenvalue weighted by molar-refractivity contribution is 0.111. The Morgan fingerprint density at radius 3 is 3.05 bits per heavy atom. The van der Waals surface area contributed by atoms with Gasteiger partial charge < -0.3 is 10.1 Å². The quantitative estimate of drug-likeness (QED) is 0.914. The molecule has 3 rings (SSSR count). The van der Waals surface area contributed by atoms with Gasteiger partial charge in [-0.2, -0.15) is 0 Å². The van der Waals surface area contributed by atoms with Gasteiger partial charge in [0.25, 0.3) is 0 Å². The minimum atomic E-state index is 0.264. The maximum Gasteiger partial charge on any atom is 0.143 e. The lowest BCUT2D eigenvalue weighted by Crippen LogP contribution is -2.36. The summed E-state index contributed by atoms with van der Waals surface area (Å²) >= 11 is 0. The van der Waals surface area contributed by atoms with Crippen LogP contribution in [0.4, 0.5) is 0 Å². The lowest BCUT2D eigenvalue weighted by atomic mass is 10.0. The van der Waals surface area contributed by atoms with E-state index in [1.54, 1.807) is 11.0 Å². The van der Waals surface area contributed by atoms with Crippen molar-refractivity contribution in [2.45, 2.75) is 38.5 Å². The standard InChI is InChI=1S/C14H19N5O/c1-10(16-14-6-7-20-11(14)2)12-4-3-5-13(8-12)19-9-15-17-18-19/h3-5,8-11,14,16H,6-7H2,1-2H3. The molecule has 0 aliphatic carbocycles. The van der Waals surface area contributed by atoms with Crippen molar-refractivity contribution in [2.24, 2.45) is 0 Å². The second-order valence-corrected chi connectivity index (χ2v) is 5.21. The smallest absolute Gasteiger partial charge is 0.143 e. The van der Waals surface area contributed by atoms with Crippen molar-refractivity contribution in [3.63, 3.8) is 0 Å². The Morgan fingerprint density at radius 1 is 1.45 bits per heavy atom. The van der Waals surface area contributed by atoms with Crippen LogP contribution in [-0.2, 0) is 4.74 Å². The molecule has 20 heavy (non-hydrogen) atoms. The van der Waals surface area contributed by atoms with E-state index in [0.717, 1.165) is 18.7 Å². The Kier molecular flexibility index (Phi) is 3.75. The molecule has 3 atom stereocenters. The average molecular weight is 273 g/mol. The van der Waals surface area contributed by atoms with E-state index in [9.17, 15) is 0 Å². The lowest BCUT2D eigenvalue weighted by Gasteiger charge is -2.22. The number of ether oxygens (including phenoxy) is 1. The molecular weight excluding hydrogens is 254 g/mol. The third-order valence-corrected chi connectivity index (χ3v) is 3.82. The van der Waals surface area contributed by atoms with Gasteiger partial charge in [-0.1, -0.05) is 12.1 Å². The molecule has 3 unspecified atom stereocenters. The first-order chi connectivity index (χ1) is 9.74. The molecule has 6 heteroatoms. The summed E-state index contributed by atoms with van der Waals surface area (Å²) in [4.78, 5) is 0. The van der Waals surface area contributed by atoms with Gasteiger partial charge in [0.15, 0.2) is 0 Å². The molecule has 6 nitrogen and oxygen atoms in total. The fourth-order valence-electron chi connectivity index (χ4n) is 2.58. The van der Waals surface area contributed by atoms with Crippen molar-refractivity contribution in [3.05, 3.63) is 36.2 Å². The predicted molar refractivity (Wildman–Crippen MR) is 74.5 cm³/mol. The molecule has 0 saturated carbocycles. The molecule has 2 heterocycles. The minimum Gasteiger partial charge on any atom is -0.377 e. The van der Waals surface area contributed by atoms with Crippen LogP contribution in [0, 0.1) is 0 Å². The molecule has 1 aromatic carbocycles. The SMILES string of the molecule is CC(NC1CCOC1C)c1cccc(-n2cnnn2)c1. The van der Waals surface area contributed by atoms with Crippen LogP contribution in [0.5, 0.6) is 0 Å². The number of aromatic nitrogens is 4. The highest BCUT2D eigenvalue weighted by Gasteiger charge is 2.25. The van der Waals surface area contributed by atoms with Crippen molar-refractivity contribution in [2.75, 3.05) is 6.61 Å². The van der Waals surface area contributed by atoms with Crippen LogP contribution < -0.4 is 5.32 Å². The first-order valence-electron chi connectivity index (χ1n) is 6.95. The summed E-state index contributed by atoms with van der Waals surface area (Å²) in [6.07, 6.45) is 2.95. The van der Waals surface area contributed by atoms with E-state index in [0.29, 0.717) is 6.04 Å². The van der Waals surface area contributed by atoms with Gasteiger partial charge in [-0.05, 0) is 48.4 Å². The molecule has 1 N–H and O–H groups in total. The molecule has 106 valence electrons. The van der Waals surface area contributed by atoms with Gasteiger partial charge in [0.05, 0.1) is 11.8 Å². The molecule has 1 saturated heterocycles. The Labute approximate surface area is 118 Å². The van der Waals surface area contributed by atoms with E-state index in [-0.39, 0.29) is 12.1 Å². The maximum absolute atomic E-state index is 5.59. The number of nitrogens with one attached hydrogen (secondary N) is 1. The number of hydrogen-bond acceptors (Lipinski definition) is 5. The summed E-state index contributed by atoms with van der Waals surface area (Å²) in [6.45, 7) is 5.13. The molecule has 1 aromatic heterocycles. The monoisotopic (exact) mass is 273 g/mol. The van der Waals surface area contributed by atoms with Crippen molar-refractivity contribution in [3.8, 4) is 5.69 Å². The van der Waals surface area contributed by atoms with Crippen LogP contribution in [0.2, 0.25) is 0 Å². The van der Waals surface area contributed by atoms with Gasteiger partial charge in [-0.15, -0.1) is 5.10 Å². The zero-order valence-corrected chi connectivity index (χ0v) is 11.7. The van der Waals surface area contributed by atoms with Crippen molar-refractivity contribution in [1.82, 2.24) is 25.5 Å². The van der Waals surface area contributed by atoms with Gasteiger partial charge in [-0.3, -0.25) is 0 Å². The highest BCUT2D eigenvalue weighted by molar-refractivity contribution is 5.35. The summed E-state index contributed by atoms with van der Waals surface area (Å²) in [7, 11) is 0. The minimum absolute atomic E-state index is 0.264. The van der Waals surface area contributed by atoms with Crippen LogP contribution in [-0.4, -0.2) is 39.0 Å². The van der Waals surface area contributed by atoms with E-state index >= 15 is 0 Å². The van der Waals surface area contributed by atoms with Gasteiger partial charge in [0.1, 0.15) is 6.33 Å². The Hall–Kier alpha value is -1.79. The highest BCUT2D eigenvalue weighted by atomic mass is 16.5. The molecule has 0 bridgehead atoms. The van der Waals surface area contributed by atoms with Crippen LogP contribution in [0.15, 0.2) is 30.6 Å². The normalized spacial score (nSPS) is 23.9. The van der Waals surface area contributed by atoms with Crippen molar-refractivity contribution < 1.29 is 4.74 Å². The van der Waals surface area contributed by atoms with E-state index in [4.69, 9.17) is 4.74 Å². The molecule has 1 aliphatic heterocycles. The molecule has 0 amide bonds. The first-order valence-corrected chi connectivity index (χ1v) is 6.95. The number of benzene rings is 1. The third kappa shape index (κ3) is 2.71. The highest BCUT2D eigenvalue weighted by Crippen LogP contribution is 2.20. The topological polar surface area (TPSA) is 64.9 Å². The number of tetrazole rings is 1. The van der Waals surface area contributed by atoms with Crippen LogP contribution >= 0.6 is 0 Å². The van der Waals surface area contributed by atoms with Gasteiger partial charge >= 0.3 is 0 Å². The van der Waals surface area contributed by atoms with Crippen LogP contribution in [0.1, 0.15) is 31.9 Å². The van der Waals surface area contributed by atoms with E-state index in [1.165, 1.54) is 5.56 Å². The fourth-order valence-corrected chi connectivity index (χ4v) is 2.58. The van der Waals surface area contributed by atoms with E-state index < -0.39 is 0 Å². The third-order valence-electron chi connectivity index (χ3n) is 3.82. The van der Waals surface area contributed by atoms with Gasteiger partial charge in [-0.25, -0.2) is 4.68 Å². The Balaban J connectivity index is 1.74. The summed E-state index contributed by atoms with van der Waals surface area (Å²) in [5.74, 6) is 0. The summed E-state index contributed by atoms with van der Waals surface area (Å²) in [5.41, 5.74) is 2.19. The maximum atomic E-state index is 5.59. The van der Waals surface area contributed by atoms with Crippen LogP contribution in [0.25, 0.3) is 5.69 Å².